The van der Waals surface area contributed by atoms with E-state index in [1.807, 2.05) is 45.9 Å². The molecule has 0 bridgehead atoms. The average molecular weight is 437 g/mol. The minimum absolute atomic E-state index is 0.0372. The zero-order valence-corrected chi connectivity index (χ0v) is 18.9. The molecule has 1 amide bonds. The number of carbonyl (C=O) groups is 1. The average Bonchev–Trinajstić information content (AvgIpc) is 3.32. The molecule has 4 rings (SSSR count). The fourth-order valence-corrected chi connectivity index (χ4v) is 3.78. The van der Waals surface area contributed by atoms with Crippen LogP contribution in [0.3, 0.4) is 0 Å². The Kier molecular flexibility index (Phi) is 6.07. The molecular weight excluding hydrogens is 408 g/mol. The van der Waals surface area contributed by atoms with Crippen LogP contribution in [0.2, 0.25) is 0 Å². The maximum Gasteiger partial charge on any atom is 0.278 e. The van der Waals surface area contributed by atoms with Crippen molar-refractivity contribution in [3.8, 4) is 0 Å². The Balaban J connectivity index is 1.80. The van der Waals surface area contributed by atoms with Crippen LogP contribution in [0.25, 0.3) is 21.9 Å². The lowest BCUT2D eigenvalue weighted by Crippen LogP contribution is -2.35. The minimum atomic E-state index is -0.254. The molecule has 0 saturated carbocycles. The summed E-state index contributed by atoms with van der Waals surface area (Å²) < 4.78 is 8.49. The van der Waals surface area contributed by atoms with E-state index in [2.05, 4.69) is 20.4 Å². The fourth-order valence-electron chi connectivity index (χ4n) is 3.78. The largest absolute Gasteiger partial charge is 0.352 e. The number of nitrogens with one attached hydrogen (secondary N) is 1. The van der Waals surface area contributed by atoms with Crippen molar-refractivity contribution in [3.05, 3.63) is 52.2 Å². The number of carbonyl (C=O) groups excluding carboxylic acids is 1. The van der Waals surface area contributed by atoms with Gasteiger partial charge in [0.15, 0.2) is 5.82 Å². The van der Waals surface area contributed by atoms with Gasteiger partial charge in [-0.3, -0.25) is 14.2 Å². The summed E-state index contributed by atoms with van der Waals surface area (Å²) in [7, 11) is 0. The quantitative estimate of drug-likeness (QED) is 0.455. The molecule has 9 nitrogen and oxygen atoms in total. The molecule has 0 aliphatic carbocycles. The maximum absolute atomic E-state index is 13.5. The van der Waals surface area contributed by atoms with E-state index >= 15 is 0 Å². The molecule has 3 heterocycles. The summed E-state index contributed by atoms with van der Waals surface area (Å²) in [4.78, 5) is 35.1. The molecule has 0 unspecified atom stereocenters. The van der Waals surface area contributed by atoms with Crippen LogP contribution in [-0.4, -0.2) is 36.2 Å². The van der Waals surface area contributed by atoms with Gasteiger partial charge >= 0.3 is 0 Å². The molecule has 0 spiro atoms. The molecule has 1 N–H and O–H groups in total. The van der Waals surface area contributed by atoms with E-state index < -0.39 is 0 Å². The third-order valence-electron chi connectivity index (χ3n) is 5.59. The van der Waals surface area contributed by atoms with Crippen LogP contribution in [0.4, 0.5) is 0 Å². The van der Waals surface area contributed by atoms with E-state index in [1.54, 1.807) is 4.57 Å². The molecule has 0 radical (unpaired) electrons. The van der Waals surface area contributed by atoms with Crippen molar-refractivity contribution < 1.29 is 9.32 Å². The normalized spacial score (nSPS) is 12.5. The van der Waals surface area contributed by atoms with E-state index in [-0.39, 0.29) is 30.6 Å². The number of nitrogens with zero attached hydrogens (tertiary/aromatic N) is 5. The van der Waals surface area contributed by atoms with Gasteiger partial charge in [0.1, 0.15) is 24.1 Å². The van der Waals surface area contributed by atoms with Gasteiger partial charge in [-0.05, 0) is 38.8 Å². The van der Waals surface area contributed by atoms with Crippen LogP contribution in [-0.2, 0) is 24.3 Å². The molecule has 1 aromatic carbocycles. The molecule has 1 atom stereocenters. The van der Waals surface area contributed by atoms with Gasteiger partial charge in [-0.2, -0.15) is 4.98 Å². The van der Waals surface area contributed by atoms with Gasteiger partial charge in [0, 0.05) is 17.8 Å². The van der Waals surface area contributed by atoms with Crippen LogP contribution in [0.1, 0.15) is 50.9 Å². The summed E-state index contributed by atoms with van der Waals surface area (Å²) in [5, 5.41) is 7.78. The van der Waals surface area contributed by atoms with Crippen molar-refractivity contribution >= 4 is 27.8 Å². The Hall–Kier alpha value is -3.49. The summed E-state index contributed by atoms with van der Waals surface area (Å²) in [6.45, 7) is 8.16. The highest BCUT2D eigenvalue weighted by Crippen LogP contribution is 2.26. The van der Waals surface area contributed by atoms with Crippen molar-refractivity contribution in [3.63, 3.8) is 0 Å². The third kappa shape index (κ3) is 4.15. The van der Waals surface area contributed by atoms with E-state index in [9.17, 15) is 9.59 Å². The number of aromatic nitrogens is 5. The van der Waals surface area contributed by atoms with Crippen LogP contribution >= 0.6 is 0 Å². The minimum Gasteiger partial charge on any atom is -0.352 e. The number of aryl methyl sites for hydroxylation is 2. The Morgan fingerprint density at radius 3 is 2.84 bits per heavy atom. The Morgan fingerprint density at radius 2 is 2.09 bits per heavy atom. The number of fused-ring (bicyclic) bond motifs is 3. The summed E-state index contributed by atoms with van der Waals surface area (Å²) in [6.07, 6.45) is 3.95. The van der Waals surface area contributed by atoms with Crippen molar-refractivity contribution in [1.82, 2.24) is 29.6 Å². The molecule has 0 saturated heterocycles. The van der Waals surface area contributed by atoms with Crippen LogP contribution in [0.5, 0.6) is 0 Å². The maximum atomic E-state index is 13.5. The van der Waals surface area contributed by atoms with Gasteiger partial charge in [-0.15, -0.1) is 0 Å². The number of amides is 1. The first-order valence-corrected chi connectivity index (χ1v) is 11.0. The van der Waals surface area contributed by atoms with E-state index in [1.165, 1.54) is 10.9 Å². The molecule has 0 aliphatic rings. The standard InChI is InChI=1S/C23H28N6O3/c1-5-7-18-26-20(32-27-18)12-28-13-24-21-16-10-14(3)8-9-17(16)29(22(21)23(28)31)11-19(30)25-15(4)6-2/h8-10,13,15H,5-7,11-12H2,1-4H3,(H,25,30)/t15-/m0/s1. The van der Waals surface area contributed by atoms with Crippen LogP contribution in [0, 0.1) is 6.92 Å². The lowest BCUT2D eigenvalue weighted by Gasteiger charge is -2.13. The van der Waals surface area contributed by atoms with Crippen molar-refractivity contribution in [2.24, 2.45) is 0 Å². The summed E-state index contributed by atoms with van der Waals surface area (Å²) in [6, 6.07) is 5.95. The molecule has 9 heteroatoms. The van der Waals surface area contributed by atoms with Crippen molar-refractivity contribution in [1.29, 1.82) is 0 Å². The van der Waals surface area contributed by atoms with Gasteiger partial charge < -0.3 is 14.4 Å². The molecule has 168 valence electrons. The second kappa shape index (κ2) is 8.94. The molecule has 3 aromatic heterocycles. The lowest BCUT2D eigenvalue weighted by molar-refractivity contribution is -0.122. The van der Waals surface area contributed by atoms with Gasteiger partial charge in [0.25, 0.3) is 5.56 Å². The Bertz CT molecular complexity index is 1330. The zero-order valence-electron chi connectivity index (χ0n) is 18.9. The highest BCUT2D eigenvalue weighted by atomic mass is 16.5. The highest BCUT2D eigenvalue weighted by Gasteiger charge is 2.20. The smallest absolute Gasteiger partial charge is 0.278 e. The van der Waals surface area contributed by atoms with E-state index in [0.717, 1.165) is 29.3 Å². The van der Waals surface area contributed by atoms with Gasteiger partial charge in [-0.25, -0.2) is 4.98 Å². The first kappa shape index (κ1) is 21.7. The number of benzene rings is 1. The summed E-state index contributed by atoms with van der Waals surface area (Å²) in [5.74, 6) is 0.829. The first-order chi connectivity index (χ1) is 15.4. The topological polar surface area (TPSA) is 108 Å². The van der Waals surface area contributed by atoms with Crippen molar-refractivity contribution in [2.75, 3.05) is 0 Å². The van der Waals surface area contributed by atoms with Gasteiger partial charge in [-0.1, -0.05) is 30.6 Å². The molecular formula is C23H28N6O3. The molecule has 0 aliphatic heterocycles. The van der Waals surface area contributed by atoms with Crippen LogP contribution < -0.4 is 10.9 Å². The second-order valence-corrected chi connectivity index (χ2v) is 8.21. The van der Waals surface area contributed by atoms with E-state index in [4.69, 9.17) is 4.52 Å². The highest BCUT2D eigenvalue weighted by molar-refractivity contribution is 6.06. The summed E-state index contributed by atoms with van der Waals surface area (Å²) in [5.41, 5.74) is 2.57. The number of hydrogen-bond donors (Lipinski definition) is 1. The van der Waals surface area contributed by atoms with E-state index in [0.29, 0.717) is 29.2 Å². The molecule has 32 heavy (non-hydrogen) atoms. The first-order valence-electron chi connectivity index (χ1n) is 11.0. The fraction of sp³-hybridized carbons (Fsp3) is 0.435. The number of hydrogen-bond acceptors (Lipinski definition) is 6. The Morgan fingerprint density at radius 1 is 1.28 bits per heavy atom. The van der Waals surface area contributed by atoms with Gasteiger partial charge in [0.2, 0.25) is 11.8 Å². The third-order valence-corrected chi connectivity index (χ3v) is 5.59. The number of rotatable bonds is 8. The van der Waals surface area contributed by atoms with Crippen LogP contribution in [0.15, 0.2) is 33.8 Å². The lowest BCUT2D eigenvalue weighted by atomic mass is 10.1. The predicted octanol–water partition coefficient (Wildman–Crippen LogP) is 2.96. The molecule has 0 fully saturated rings. The predicted molar refractivity (Wildman–Crippen MR) is 122 cm³/mol. The van der Waals surface area contributed by atoms with Gasteiger partial charge in [0.05, 0.1) is 11.8 Å². The zero-order chi connectivity index (χ0) is 22.8. The second-order valence-electron chi connectivity index (χ2n) is 8.21. The molecule has 4 aromatic rings. The SMILES string of the molecule is CCCc1noc(Cn2cnc3c4cc(C)ccc4n(CC(=O)N[C@@H](C)CC)c3c2=O)n1. The summed E-state index contributed by atoms with van der Waals surface area (Å²) >= 11 is 0. The van der Waals surface area contributed by atoms with Crippen molar-refractivity contribution in [2.45, 2.75) is 66.1 Å². The Labute approximate surface area is 185 Å². The monoisotopic (exact) mass is 436 g/mol.